The Balaban J connectivity index is 2.08. The second-order valence-corrected chi connectivity index (χ2v) is 5.89. The van der Waals surface area contributed by atoms with Gasteiger partial charge in [-0.05, 0) is 12.1 Å². The zero-order chi connectivity index (χ0) is 16.6. The smallest absolute Gasteiger partial charge is 0.174 e. The van der Waals surface area contributed by atoms with Crippen LogP contribution in [-0.4, -0.2) is 20.0 Å². The third-order valence-corrected chi connectivity index (χ3v) is 4.39. The standard InChI is InChI=1S/C17H14Cl2O4/c1-21-9-6-13(22-2)17-12(20)8-15(23-14(17)7-9)16-10(18)4-3-5-11(16)19/h3-7,15H,8H2,1-2H3. The lowest BCUT2D eigenvalue weighted by atomic mass is 9.95. The molecular formula is C17H14Cl2O4. The fraction of sp³-hybridized carbons (Fsp3) is 0.235. The molecule has 3 rings (SSSR count). The average Bonchev–Trinajstić information content (AvgIpc) is 2.53. The molecule has 23 heavy (non-hydrogen) atoms. The minimum absolute atomic E-state index is 0.0910. The Morgan fingerprint density at radius 3 is 2.43 bits per heavy atom. The van der Waals surface area contributed by atoms with Crippen molar-refractivity contribution in [2.24, 2.45) is 0 Å². The molecule has 0 saturated carbocycles. The van der Waals surface area contributed by atoms with Gasteiger partial charge in [0.1, 0.15) is 28.9 Å². The number of ketones is 1. The van der Waals surface area contributed by atoms with E-state index < -0.39 is 6.10 Å². The predicted octanol–water partition coefficient (Wildman–Crippen LogP) is 4.72. The Morgan fingerprint density at radius 2 is 1.83 bits per heavy atom. The molecule has 2 aromatic rings. The normalized spacial score (nSPS) is 16.5. The van der Waals surface area contributed by atoms with Crippen molar-refractivity contribution in [1.82, 2.24) is 0 Å². The second-order valence-electron chi connectivity index (χ2n) is 5.07. The van der Waals surface area contributed by atoms with E-state index in [-0.39, 0.29) is 12.2 Å². The molecule has 0 spiro atoms. The van der Waals surface area contributed by atoms with E-state index in [1.54, 1.807) is 30.3 Å². The molecule has 0 amide bonds. The number of fused-ring (bicyclic) bond motifs is 1. The maximum absolute atomic E-state index is 12.6. The number of methoxy groups -OCH3 is 2. The van der Waals surface area contributed by atoms with E-state index >= 15 is 0 Å². The van der Waals surface area contributed by atoms with E-state index in [1.807, 2.05) is 0 Å². The molecule has 1 heterocycles. The van der Waals surface area contributed by atoms with Crippen LogP contribution >= 0.6 is 23.2 Å². The summed E-state index contributed by atoms with van der Waals surface area (Å²) in [6, 6.07) is 8.50. The Labute approximate surface area is 143 Å². The minimum Gasteiger partial charge on any atom is -0.496 e. The molecule has 0 bridgehead atoms. The van der Waals surface area contributed by atoms with E-state index in [1.165, 1.54) is 14.2 Å². The van der Waals surface area contributed by atoms with Crippen LogP contribution < -0.4 is 14.2 Å². The van der Waals surface area contributed by atoms with Crippen molar-refractivity contribution < 1.29 is 19.0 Å². The summed E-state index contributed by atoms with van der Waals surface area (Å²) in [6.07, 6.45) is -0.410. The van der Waals surface area contributed by atoms with Crippen LogP contribution in [0.1, 0.15) is 28.4 Å². The maximum atomic E-state index is 12.6. The minimum atomic E-state index is -0.548. The lowest BCUT2D eigenvalue weighted by Crippen LogP contribution is -2.21. The summed E-state index contributed by atoms with van der Waals surface area (Å²) in [7, 11) is 3.04. The number of rotatable bonds is 3. The predicted molar refractivity (Wildman–Crippen MR) is 88.3 cm³/mol. The number of ether oxygens (including phenoxy) is 3. The highest BCUT2D eigenvalue weighted by Crippen LogP contribution is 2.44. The maximum Gasteiger partial charge on any atom is 0.174 e. The number of hydrogen-bond donors (Lipinski definition) is 0. The monoisotopic (exact) mass is 352 g/mol. The first-order chi connectivity index (χ1) is 11.0. The molecule has 1 atom stereocenters. The third kappa shape index (κ3) is 2.84. The number of carbonyl (C=O) groups is 1. The molecule has 1 aliphatic rings. The van der Waals surface area contributed by atoms with Crippen molar-refractivity contribution in [2.45, 2.75) is 12.5 Å². The molecule has 1 aliphatic heterocycles. The van der Waals surface area contributed by atoms with Crippen LogP contribution in [0.15, 0.2) is 30.3 Å². The zero-order valence-corrected chi connectivity index (χ0v) is 14.1. The van der Waals surface area contributed by atoms with Gasteiger partial charge < -0.3 is 14.2 Å². The van der Waals surface area contributed by atoms with Gasteiger partial charge in [-0.2, -0.15) is 0 Å². The van der Waals surface area contributed by atoms with Crippen LogP contribution in [0, 0.1) is 0 Å². The van der Waals surface area contributed by atoms with Gasteiger partial charge >= 0.3 is 0 Å². The van der Waals surface area contributed by atoms with Gasteiger partial charge in [-0.3, -0.25) is 4.79 Å². The van der Waals surface area contributed by atoms with E-state index in [2.05, 4.69) is 0 Å². The molecule has 2 aromatic carbocycles. The van der Waals surface area contributed by atoms with Crippen LogP contribution in [0.4, 0.5) is 0 Å². The van der Waals surface area contributed by atoms with Crippen LogP contribution in [0.5, 0.6) is 17.2 Å². The highest BCUT2D eigenvalue weighted by atomic mass is 35.5. The van der Waals surface area contributed by atoms with Crippen molar-refractivity contribution >= 4 is 29.0 Å². The topological polar surface area (TPSA) is 44.8 Å². The van der Waals surface area contributed by atoms with Crippen LogP contribution in [0.2, 0.25) is 10.0 Å². The largest absolute Gasteiger partial charge is 0.496 e. The van der Waals surface area contributed by atoms with Gasteiger partial charge in [0.05, 0.1) is 20.6 Å². The molecular weight excluding hydrogens is 339 g/mol. The van der Waals surface area contributed by atoms with Crippen LogP contribution in [0.25, 0.3) is 0 Å². The molecule has 0 radical (unpaired) electrons. The number of benzene rings is 2. The summed E-state index contributed by atoms with van der Waals surface area (Å²) in [5.74, 6) is 1.28. The third-order valence-electron chi connectivity index (χ3n) is 3.74. The van der Waals surface area contributed by atoms with Gasteiger partial charge in [0.15, 0.2) is 5.78 Å². The van der Waals surface area contributed by atoms with E-state index in [4.69, 9.17) is 37.4 Å². The van der Waals surface area contributed by atoms with Crippen molar-refractivity contribution in [3.8, 4) is 17.2 Å². The first-order valence-corrected chi connectivity index (χ1v) is 7.70. The Bertz CT molecular complexity index is 753. The fourth-order valence-electron chi connectivity index (χ4n) is 2.66. The number of Topliss-reactive ketones (excluding diaryl/α,β-unsaturated/α-hetero) is 1. The van der Waals surface area contributed by atoms with Gasteiger partial charge in [0, 0.05) is 27.7 Å². The number of hydrogen-bond acceptors (Lipinski definition) is 4. The highest BCUT2D eigenvalue weighted by Gasteiger charge is 2.33. The average molecular weight is 353 g/mol. The summed E-state index contributed by atoms with van der Waals surface area (Å²) in [6.45, 7) is 0. The summed E-state index contributed by atoms with van der Waals surface area (Å²) < 4.78 is 16.5. The fourth-order valence-corrected chi connectivity index (χ4v) is 3.30. The SMILES string of the molecule is COc1cc(OC)c2c(c1)OC(c1c(Cl)cccc1Cl)CC2=O. The molecule has 0 aromatic heterocycles. The van der Waals surface area contributed by atoms with Gasteiger partial charge in [0.25, 0.3) is 0 Å². The lowest BCUT2D eigenvalue weighted by Gasteiger charge is -2.28. The van der Waals surface area contributed by atoms with Gasteiger partial charge in [-0.15, -0.1) is 0 Å². The zero-order valence-electron chi connectivity index (χ0n) is 12.6. The summed E-state index contributed by atoms with van der Waals surface area (Å²) >= 11 is 12.5. The number of carbonyl (C=O) groups excluding carboxylic acids is 1. The molecule has 0 aliphatic carbocycles. The molecule has 6 heteroatoms. The quantitative estimate of drug-likeness (QED) is 0.801. The van der Waals surface area contributed by atoms with Crippen molar-refractivity contribution in [3.05, 3.63) is 51.5 Å². The molecule has 0 saturated heterocycles. The molecule has 0 N–H and O–H groups in total. The summed E-state index contributed by atoms with van der Waals surface area (Å²) in [5, 5.41) is 0.933. The Hall–Kier alpha value is -1.91. The van der Waals surface area contributed by atoms with Gasteiger partial charge in [0.2, 0.25) is 0 Å². The van der Waals surface area contributed by atoms with Crippen molar-refractivity contribution in [1.29, 1.82) is 0 Å². The van der Waals surface area contributed by atoms with Crippen molar-refractivity contribution in [2.75, 3.05) is 14.2 Å². The van der Waals surface area contributed by atoms with E-state index in [0.29, 0.717) is 38.4 Å². The highest BCUT2D eigenvalue weighted by molar-refractivity contribution is 6.36. The molecule has 120 valence electrons. The van der Waals surface area contributed by atoms with Crippen LogP contribution in [-0.2, 0) is 0 Å². The van der Waals surface area contributed by atoms with Crippen LogP contribution in [0.3, 0.4) is 0 Å². The molecule has 1 unspecified atom stereocenters. The first-order valence-electron chi connectivity index (χ1n) is 6.95. The van der Waals surface area contributed by atoms with Gasteiger partial charge in [-0.1, -0.05) is 29.3 Å². The van der Waals surface area contributed by atoms with E-state index in [0.717, 1.165) is 0 Å². The van der Waals surface area contributed by atoms with E-state index in [9.17, 15) is 4.79 Å². The van der Waals surface area contributed by atoms with Gasteiger partial charge in [-0.25, -0.2) is 0 Å². The number of halogens is 2. The second kappa shape index (κ2) is 6.30. The summed E-state index contributed by atoms with van der Waals surface area (Å²) in [4.78, 5) is 12.6. The molecule has 0 fully saturated rings. The van der Waals surface area contributed by atoms with Crippen molar-refractivity contribution in [3.63, 3.8) is 0 Å². The first kappa shape index (κ1) is 16.0. The summed E-state index contributed by atoms with van der Waals surface area (Å²) in [5.41, 5.74) is 1.02. The lowest BCUT2D eigenvalue weighted by molar-refractivity contribution is 0.0844. The molecule has 4 nitrogen and oxygen atoms in total. The Morgan fingerprint density at radius 1 is 1.13 bits per heavy atom. The Kier molecular flexibility index (Phi) is 4.37.